The first-order chi connectivity index (χ1) is 15.6. The quantitative estimate of drug-likeness (QED) is 0.647. The zero-order valence-corrected chi connectivity index (χ0v) is 17.8. The van der Waals surface area contributed by atoms with Gasteiger partial charge in [-0.3, -0.25) is 14.5 Å². The van der Waals surface area contributed by atoms with E-state index in [9.17, 15) is 18.0 Å². The normalized spacial score (nSPS) is 15.1. The zero-order valence-electron chi connectivity index (χ0n) is 17.8. The SMILES string of the molecule is Cn1ccc2c1CN(C(=O)C1CC1)Cc1cn(Cc3ccccn3)nc1-2.O=C(O)C(F)(F)F. The third kappa shape index (κ3) is 5.07. The van der Waals surface area contributed by atoms with Gasteiger partial charge in [0, 0.05) is 54.9 Å². The van der Waals surface area contributed by atoms with Crippen molar-refractivity contribution < 1.29 is 27.9 Å². The summed E-state index contributed by atoms with van der Waals surface area (Å²) in [5.41, 5.74) is 5.36. The van der Waals surface area contributed by atoms with E-state index >= 15 is 0 Å². The molecule has 2 aliphatic rings. The molecule has 174 valence electrons. The molecule has 33 heavy (non-hydrogen) atoms. The molecule has 11 heteroatoms. The molecule has 0 bridgehead atoms. The van der Waals surface area contributed by atoms with Gasteiger partial charge in [0.25, 0.3) is 0 Å². The number of aryl methyl sites for hydroxylation is 1. The molecule has 4 heterocycles. The molecule has 1 amide bonds. The zero-order chi connectivity index (χ0) is 23.8. The maximum atomic E-state index is 12.7. The minimum absolute atomic E-state index is 0.226. The predicted octanol–water partition coefficient (Wildman–Crippen LogP) is 3.22. The molecule has 1 fully saturated rings. The van der Waals surface area contributed by atoms with Crippen LogP contribution >= 0.6 is 0 Å². The summed E-state index contributed by atoms with van der Waals surface area (Å²) in [7, 11) is 2.04. The van der Waals surface area contributed by atoms with Crippen LogP contribution in [-0.4, -0.2) is 47.4 Å². The van der Waals surface area contributed by atoms with E-state index < -0.39 is 12.1 Å². The molecule has 1 saturated carbocycles. The van der Waals surface area contributed by atoms with Gasteiger partial charge in [-0.2, -0.15) is 18.3 Å². The first-order valence-corrected chi connectivity index (χ1v) is 10.3. The van der Waals surface area contributed by atoms with Gasteiger partial charge in [-0.25, -0.2) is 4.79 Å². The molecule has 0 atom stereocenters. The van der Waals surface area contributed by atoms with Gasteiger partial charge in [-0.1, -0.05) is 6.07 Å². The van der Waals surface area contributed by atoms with Crippen LogP contribution in [0.3, 0.4) is 0 Å². The topological polar surface area (TPSA) is 93.3 Å². The molecule has 1 N–H and O–H groups in total. The fourth-order valence-corrected chi connectivity index (χ4v) is 3.71. The third-order valence-corrected chi connectivity index (χ3v) is 5.53. The molecule has 3 aromatic rings. The summed E-state index contributed by atoms with van der Waals surface area (Å²) in [6.45, 7) is 1.92. The Morgan fingerprint density at radius 1 is 1.18 bits per heavy atom. The minimum Gasteiger partial charge on any atom is -0.475 e. The van der Waals surface area contributed by atoms with Gasteiger partial charge in [0.05, 0.1) is 24.5 Å². The molecular weight excluding hydrogens is 439 g/mol. The lowest BCUT2D eigenvalue weighted by atomic mass is 10.1. The van der Waals surface area contributed by atoms with Gasteiger partial charge in [0.1, 0.15) is 0 Å². The second-order valence-electron chi connectivity index (χ2n) is 8.08. The lowest BCUT2D eigenvalue weighted by molar-refractivity contribution is -0.192. The Morgan fingerprint density at radius 2 is 1.91 bits per heavy atom. The van der Waals surface area contributed by atoms with Gasteiger partial charge < -0.3 is 14.6 Å². The van der Waals surface area contributed by atoms with E-state index in [0.29, 0.717) is 19.6 Å². The number of hydrogen-bond donors (Lipinski definition) is 1. The number of carboxylic acids is 1. The average Bonchev–Trinajstić information content (AvgIpc) is 3.48. The summed E-state index contributed by atoms with van der Waals surface area (Å²) in [4.78, 5) is 28.0. The highest BCUT2D eigenvalue weighted by atomic mass is 19.4. The molecule has 5 rings (SSSR count). The van der Waals surface area contributed by atoms with E-state index in [0.717, 1.165) is 41.1 Å². The number of aliphatic carboxylic acids is 1. The Bertz CT molecular complexity index is 1170. The van der Waals surface area contributed by atoms with Crippen LogP contribution in [0.2, 0.25) is 0 Å². The van der Waals surface area contributed by atoms with Crippen LogP contribution in [-0.2, 0) is 36.3 Å². The number of carboxylic acid groups (broad SMARTS) is 1. The lowest BCUT2D eigenvalue weighted by Crippen LogP contribution is -2.31. The Morgan fingerprint density at radius 3 is 2.52 bits per heavy atom. The smallest absolute Gasteiger partial charge is 0.475 e. The Hall–Kier alpha value is -3.63. The fourth-order valence-electron chi connectivity index (χ4n) is 3.71. The van der Waals surface area contributed by atoms with Crippen molar-refractivity contribution in [2.45, 2.75) is 38.7 Å². The largest absolute Gasteiger partial charge is 0.490 e. The number of fused-ring (bicyclic) bond motifs is 3. The van der Waals surface area contributed by atoms with Crippen molar-refractivity contribution in [3.63, 3.8) is 0 Å². The van der Waals surface area contributed by atoms with Gasteiger partial charge in [-0.15, -0.1) is 0 Å². The Kier molecular flexibility index (Phi) is 5.96. The highest BCUT2D eigenvalue weighted by molar-refractivity contribution is 5.82. The van der Waals surface area contributed by atoms with Crippen molar-refractivity contribution in [3.8, 4) is 11.3 Å². The maximum absolute atomic E-state index is 12.7. The van der Waals surface area contributed by atoms with Crippen LogP contribution < -0.4 is 0 Å². The molecule has 8 nitrogen and oxygen atoms in total. The number of aromatic nitrogens is 4. The van der Waals surface area contributed by atoms with Crippen LogP contribution in [0.4, 0.5) is 13.2 Å². The maximum Gasteiger partial charge on any atom is 0.490 e. The van der Waals surface area contributed by atoms with Crippen molar-refractivity contribution in [2.24, 2.45) is 13.0 Å². The molecule has 0 radical (unpaired) electrons. The average molecular weight is 461 g/mol. The molecule has 3 aromatic heterocycles. The van der Waals surface area contributed by atoms with E-state index in [-0.39, 0.29) is 11.8 Å². The van der Waals surface area contributed by atoms with Crippen LogP contribution in [0.15, 0.2) is 42.9 Å². The fraction of sp³-hybridized carbons (Fsp3) is 0.364. The van der Waals surface area contributed by atoms with Crippen LogP contribution in [0.25, 0.3) is 11.3 Å². The molecule has 0 spiro atoms. The van der Waals surface area contributed by atoms with E-state index in [4.69, 9.17) is 15.0 Å². The second kappa shape index (κ2) is 8.72. The molecule has 1 aliphatic heterocycles. The number of rotatable bonds is 3. The number of pyridine rings is 1. The van der Waals surface area contributed by atoms with Crippen molar-refractivity contribution in [3.05, 3.63) is 59.8 Å². The number of carbonyl (C=O) groups is 2. The number of hydrogen-bond acceptors (Lipinski definition) is 4. The standard InChI is InChI=1S/C20H21N5O.C2HF3O2/c1-23-9-7-17-18(23)13-24(20(26)14-5-6-14)10-15-11-25(22-19(15)17)12-16-4-2-3-8-21-16;3-2(4,5)1(6)7/h2-4,7-9,11,14H,5-6,10,12-13H2,1H3;(H,6,7). The molecule has 1 aliphatic carbocycles. The summed E-state index contributed by atoms with van der Waals surface area (Å²) >= 11 is 0. The molecule has 0 unspecified atom stereocenters. The molecular formula is C22H22F3N5O3. The highest BCUT2D eigenvalue weighted by Crippen LogP contribution is 2.36. The van der Waals surface area contributed by atoms with Gasteiger partial charge in [0.15, 0.2) is 0 Å². The van der Waals surface area contributed by atoms with Crippen LogP contribution in [0.1, 0.15) is 29.8 Å². The number of alkyl halides is 3. The Balaban J connectivity index is 0.000000325. The number of nitrogens with zero attached hydrogens (tertiary/aromatic N) is 5. The van der Waals surface area contributed by atoms with Crippen molar-refractivity contribution in [1.29, 1.82) is 0 Å². The number of amides is 1. The van der Waals surface area contributed by atoms with Crippen molar-refractivity contribution >= 4 is 11.9 Å². The number of halogens is 3. The van der Waals surface area contributed by atoms with E-state index in [1.165, 1.54) is 0 Å². The molecule has 0 saturated heterocycles. The van der Waals surface area contributed by atoms with Gasteiger partial charge >= 0.3 is 12.1 Å². The lowest BCUT2D eigenvalue weighted by Gasteiger charge is -2.21. The summed E-state index contributed by atoms with van der Waals surface area (Å²) in [6.07, 6.45) is 2.90. The van der Waals surface area contributed by atoms with Gasteiger partial charge in [-0.05, 0) is 31.0 Å². The Labute approximate surface area is 187 Å². The van der Waals surface area contributed by atoms with E-state index in [1.54, 1.807) is 6.20 Å². The first-order valence-electron chi connectivity index (χ1n) is 10.3. The third-order valence-electron chi connectivity index (χ3n) is 5.53. The van der Waals surface area contributed by atoms with Crippen molar-refractivity contribution in [1.82, 2.24) is 24.2 Å². The second-order valence-corrected chi connectivity index (χ2v) is 8.08. The monoisotopic (exact) mass is 461 g/mol. The summed E-state index contributed by atoms with van der Waals surface area (Å²) < 4.78 is 35.8. The highest BCUT2D eigenvalue weighted by Gasteiger charge is 2.38. The minimum atomic E-state index is -5.08. The summed E-state index contributed by atoms with van der Waals surface area (Å²) in [6, 6.07) is 8.02. The first kappa shape index (κ1) is 22.6. The van der Waals surface area contributed by atoms with Crippen LogP contribution in [0, 0.1) is 5.92 Å². The van der Waals surface area contributed by atoms with Gasteiger partial charge in [0.2, 0.25) is 5.91 Å². The van der Waals surface area contributed by atoms with E-state index in [1.807, 2.05) is 34.8 Å². The molecule has 0 aromatic carbocycles. The van der Waals surface area contributed by atoms with E-state index in [2.05, 4.69) is 28.0 Å². The van der Waals surface area contributed by atoms with Crippen molar-refractivity contribution in [2.75, 3.05) is 0 Å². The van der Waals surface area contributed by atoms with Crippen LogP contribution in [0.5, 0.6) is 0 Å². The number of carbonyl (C=O) groups excluding carboxylic acids is 1. The summed E-state index contributed by atoms with van der Waals surface area (Å²) in [5, 5.41) is 12.0. The predicted molar refractivity (Wildman–Crippen MR) is 111 cm³/mol. The summed E-state index contributed by atoms with van der Waals surface area (Å²) in [5.74, 6) is -2.25.